The number of carboxylic acid groups (broad SMARTS) is 1. The van der Waals surface area contributed by atoms with Crippen LogP contribution in [0.15, 0.2) is 40.8 Å². The number of nitrogens with two attached hydrogens (primary N) is 1. The summed E-state index contributed by atoms with van der Waals surface area (Å²) >= 11 is 3.65. The summed E-state index contributed by atoms with van der Waals surface area (Å²) < 4.78 is 0.912. The summed E-state index contributed by atoms with van der Waals surface area (Å²) in [6, 6.07) is 0.151. The summed E-state index contributed by atoms with van der Waals surface area (Å²) in [5.74, 6) is -0.902. The first-order valence-electron chi connectivity index (χ1n) is 8.58. The van der Waals surface area contributed by atoms with E-state index in [1.165, 1.54) is 0 Å². The predicted octanol–water partition coefficient (Wildman–Crippen LogP) is 2.60. The standard InChI is InChI=1S/C18H20BrN5O2/c19-13-7-21-17-15(16(13)24-6-2-4-12(20)10-24)14(8-22-17)23-5-1-3-11(9-23)18(25)26/h1,3,5,7-8,12H,2,4,6,9-10,20H2,(H,21,22)(H,25,26). The SMILES string of the molecule is NC1CCCN(c2c(Br)cnc3[nH]cc(N4C=CC=C(C(=O)O)C4)c23)C1. The van der Waals surface area contributed by atoms with E-state index < -0.39 is 5.97 Å². The van der Waals surface area contributed by atoms with Gasteiger partial charge in [0.1, 0.15) is 5.65 Å². The van der Waals surface area contributed by atoms with Gasteiger partial charge in [0.25, 0.3) is 0 Å². The van der Waals surface area contributed by atoms with Crippen molar-refractivity contribution in [2.45, 2.75) is 18.9 Å². The first-order valence-corrected chi connectivity index (χ1v) is 9.37. The Balaban J connectivity index is 1.80. The lowest BCUT2D eigenvalue weighted by Gasteiger charge is -2.34. The quantitative estimate of drug-likeness (QED) is 0.709. The summed E-state index contributed by atoms with van der Waals surface area (Å²) in [7, 11) is 0. The molecule has 4 heterocycles. The maximum atomic E-state index is 11.4. The first-order chi connectivity index (χ1) is 12.5. The van der Waals surface area contributed by atoms with Gasteiger partial charge < -0.3 is 25.6 Å². The molecular weight excluding hydrogens is 398 g/mol. The summed E-state index contributed by atoms with van der Waals surface area (Å²) in [4.78, 5) is 23.3. The van der Waals surface area contributed by atoms with Crippen LogP contribution < -0.4 is 15.5 Å². The van der Waals surface area contributed by atoms with Crippen LogP contribution in [0.4, 0.5) is 11.4 Å². The van der Waals surface area contributed by atoms with Crippen LogP contribution in [0, 0.1) is 0 Å². The monoisotopic (exact) mass is 417 g/mol. The molecule has 2 aromatic heterocycles. The number of piperidine rings is 1. The third-order valence-electron chi connectivity index (χ3n) is 4.87. The van der Waals surface area contributed by atoms with E-state index in [1.807, 2.05) is 17.3 Å². The van der Waals surface area contributed by atoms with Crippen molar-refractivity contribution in [2.24, 2.45) is 5.73 Å². The molecule has 0 spiro atoms. The van der Waals surface area contributed by atoms with Crippen molar-refractivity contribution in [1.82, 2.24) is 9.97 Å². The van der Waals surface area contributed by atoms with Gasteiger partial charge in [0.15, 0.2) is 0 Å². The molecule has 4 rings (SSSR count). The third-order valence-corrected chi connectivity index (χ3v) is 5.45. The molecule has 2 aliphatic rings. The minimum absolute atomic E-state index is 0.151. The van der Waals surface area contributed by atoms with Gasteiger partial charge in [0.2, 0.25) is 0 Å². The highest BCUT2D eigenvalue weighted by molar-refractivity contribution is 9.10. The van der Waals surface area contributed by atoms with Gasteiger partial charge in [-0.2, -0.15) is 0 Å². The smallest absolute Gasteiger partial charge is 0.333 e. The van der Waals surface area contributed by atoms with Gasteiger partial charge in [-0.15, -0.1) is 0 Å². The Kier molecular flexibility index (Phi) is 4.46. The van der Waals surface area contributed by atoms with E-state index >= 15 is 0 Å². The molecule has 2 aromatic rings. The van der Waals surface area contributed by atoms with Crippen molar-refractivity contribution in [3.8, 4) is 0 Å². The van der Waals surface area contributed by atoms with Crippen LogP contribution in [0.1, 0.15) is 12.8 Å². The molecule has 7 nitrogen and oxygen atoms in total. The molecule has 0 bridgehead atoms. The summed E-state index contributed by atoms with van der Waals surface area (Å²) in [5, 5.41) is 10.3. The highest BCUT2D eigenvalue weighted by Crippen LogP contribution is 2.40. The molecule has 0 aliphatic carbocycles. The van der Waals surface area contributed by atoms with Crippen LogP contribution in [0.3, 0.4) is 0 Å². The number of nitrogens with one attached hydrogen (secondary N) is 1. The number of aliphatic carboxylic acids is 1. The van der Waals surface area contributed by atoms with Crippen molar-refractivity contribution >= 4 is 44.3 Å². The Hall–Kier alpha value is -2.32. The lowest BCUT2D eigenvalue weighted by atomic mass is 10.0. The average Bonchev–Trinajstić information content (AvgIpc) is 3.05. The van der Waals surface area contributed by atoms with Gasteiger partial charge in [0.05, 0.1) is 33.4 Å². The zero-order chi connectivity index (χ0) is 18.3. The average molecular weight is 418 g/mol. The van der Waals surface area contributed by atoms with Gasteiger partial charge in [-0.3, -0.25) is 0 Å². The van der Waals surface area contributed by atoms with E-state index in [9.17, 15) is 9.90 Å². The Labute approximate surface area is 159 Å². The molecule has 2 aliphatic heterocycles. The number of fused-ring (bicyclic) bond motifs is 1. The van der Waals surface area contributed by atoms with Crippen LogP contribution in [0.5, 0.6) is 0 Å². The second-order valence-corrected chi connectivity index (χ2v) is 7.52. The number of anilines is 2. The number of hydrogen-bond acceptors (Lipinski definition) is 5. The van der Waals surface area contributed by atoms with Crippen LogP contribution in [0.2, 0.25) is 0 Å². The summed E-state index contributed by atoms with van der Waals surface area (Å²) in [6.45, 7) is 2.04. The highest BCUT2D eigenvalue weighted by atomic mass is 79.9. The van der Waals surface area contributed by atoms with E-state index in [1.54, 1.807) is 18.3 Å². The molecule has 4 N–H and O–H groups in total. The molecule has 8 heteroatoms. The van der Waals surface area contributed by atoms with Gasteiger partial charge in [0, 0.05) is 37.7 Å². The number of H-pyrrole nitrogens is 1. The van der Waals surface area contributed by atoms with Crippen molar-refractivity contribution in [2.75, 3.05) is 29.4 Å². The maximum Gasteiger partial charge on any atom is 0.333 e. The minimum Gasteiger partial charge on any atom is -0.478 e. The number of carbonyl (C=O) groups is 1. The van der Waals surface area contributed by atoms with E-state index in [2.05, 4.69) is 30.8 Å². The third kappa shape index (κ3) is 2.99. The lowest BCUT2D eigenvalue weighted by Crippen LogP contribution is -2.43. The Bertz CT molecular complexity index is 920. The number of allylic oxidation sites excluding steroid dienone is 2. The lowest BCUT2D eigenvalue weighted by molar-refractivity contribution is -0.132. The van der Waals surface area contributed by atoms with Crippen LogP contribution in [-0.2, 0) is 4.79 Å². The molecular formula is C18H20BrN5O2. The minimum atomic E-state index is -0.902. The molecule has 0 saturated carbocycles. The topological polar surface area (TPSA) is 98.5 Å². The molecule has 0 amide bonds. The molecule has 136 valence electrons. The number of pyridine rings is 1. The molecule has 0 radical (unpaired) electrons. The molecule has 1 unspecified atom stereocenters. The number of halogens is 1. The Morgan fingerprint density at radius 3 is 3.08 bits per heavy atom. The Morgan fingerprint density at radius 2 is 2.31 bits per heavy atom. The molecule has 1 fully saturated rings. The summed E-state index contributed by atoms with van der Waals surface area (Å²) in [6.07, 6.45) is 11.0. The maximum absolute atomic E-state index is 11.4. The largest absolute Gasteiger partial charge is 0.478 e. The fourth-order valence-electron chi connectivity index (χ4n) is 3.64. The number of aromatic amines is 1. The highest BCUT2D eigenvalue weighted by Gasteiger charge is 2.25. The van der Waals surface area contributed by atoms with Gasteiger partial charge >= 0.3 is 5.97 Å². The van der Waals surface area contributed by atoms with Gasteiger partial charge in [-0.25, -0.2) is 9.78 Å². The number of nitrogens with zero attached hydrogens (tertiary/aromatic N) is 3. The fourth-order valence-corrected chi connectivity index (χ4v) is 4.20. The van der Waals surface area contributed by atoms with Gasteiger partial charge in [-0.1, -0.05) is 0 Å². The molecule has 0 aromatic carbocycles. The van der Waals surface area contributed by atoms with Crippen LogP contribution in [-0.4, -0.2) is 46.7 Å². The first kappa shape index (κ1) is 17.1. The van der Waals surface area contributed by atoms with Crippen molar-refractivity contribution < 1.29 is 9.90 Å². The van der Waals surface area contributed by atoms with Crippen LogP contribution in [0.25, 0.3) is 11.0 Å². The number of aromatic nitrogens is 2. The zero-order valence-electron chi connectivity index (χ0n) is 14.2. The number of rotatable bonds is 3. The van der Waals surface area contributed by atoms with E-state index in [0.717, 1.165) is 52.8 Å². The second kappa shape index (κ2) is 6.77. The second-order valence-electron chi connectivity index (χ2n) is 6.67. The summed E-state index contributed by atoms with van der Waals surface area (Å²) in [5.41, 5.74) is 9.28. The van der Waals surface area contributed by atoms with Gasteiger partial charge in [-0.05, 0) is 40.9 Å². The Morgan fingerprint density at radius 1 is 1.46 bits per heavy atom. The number of hydrogen-bond donors (Lipinski definition) is 3. The van der Waals surface area contributed by atoms with Crippen molar-refractivity contribution in [3.05, 3.63) is 40.8 Å². The van der Waals surface area contributed by atoms with E-state index in [4.69, 9.17) is 5.73 Å². The molecule has 1 atom stereocenters. The van der Waals surface area contributed by atoms with Crippen molar-refractivity contribution in [1.29, 1.82) is 0 Å². The van der Waals surface area contributed by atoms with E-state index in [-0.39, 0.29) is 6.04 Å². The molecule has 26 heavy (non-hydrogen) atoms. The fraction of sp³-hybridized carbons (Fsp3) is 0.333. The zero-order valence-corrected chi connectivity index (χ0v) is 15.7. The predicted molar refractivity (Wildman–Crippen MR) is 105 cm³/mol. The normalized spacial score (nSPS) is 20.5. The molecule has 1 saturated heterocycles. The van der Waals surface area contributed by atoms with Crippen molar-refractivity contribution in [3.63, 3.8) is 0 Å². The van der Waals surface area contributed by atoms with Crippen LogP contribution >= 0.6 is 15.9 Å². The number of carboxylic acids is 1. The van der Waals surface area contributed by atoms with E-state index in [0.29, 0.717) is 12.1 Å².